The van der Waals surface area contributed by atoms with Crippen LogP contribution in [0.15, 0.2) is 24.4 Å². The van der Waals surface area contributed by atoms with E-state index in [1.807, 2.05) is 36.8 Å². The average Bonchev–Trinajstić information content (AvgIpc) is 3.40. The molecule has 0 aromatic carbocycles. The van der Waals surface area contributed by atoms with E-state index < -0.39 is 0 Å². The lowest BCUT2D eigenvalue weighted by atomic mass is 10.2. The van der Waals surface area contributed by atoms with Gasteiger partial charge in [0.15, 0.2) is 11.5 Å². The van der Waals surface area contributed by atoms with Crippen molar-refractivity contribution in [3.8, 4) is 11.3 Å². The molecule has 0 unspecified atom stereocenters. The predicted molar refractivity (Wildman–Crippen MR) is 120 cm³/mol. The van der Waals surface area contributed by atoms with Gasteiger partial charge in [0.25, 0.3) is 0 Å². The molecule has 1 saturated carbocycles. The minimum atomic E-state index is 0.293. The van der Waals surface area contributed by atoms with Crippen molar-refractivity contribution in [3.05, 3.63) is 30.2 Å². The summed E-state index contributed by atoms with van der Waals surface area (Å²) in [4.78, 5) is 14.4. The molecule has 0 radical (unpaired) electrons. The van der Waals surface area contributed by atoms with Gasteiger partial charge in [-0.15, -0.1) is 5.10 Å². The zero-order chi connectivity index (χ0) is 21.0. The molecule has 0 saturated heterocycles. The second kappa shape index (κ2) is 6.97. The standard InChI is InChI=1S/C22H28N8/c1-12(2)30-14(4)25-18-9-8-17(26-21(18)30)16-10-11-29-19(16)20(23-5)27-22(28-29)24-13(3)15-6-7-15/h8-13,15H,6-7H2,1-5H3,(H2,23,24,27,28)/t13-/m1/s1. The Morgan fingerprint density at radius 2 is 1.87 bits per heavy atom. The van der Waals surface area contributed by atoms with Crippen LogP contribution in [0.25, 0.3) is 27.9 Å². The molecule has 4 heterocycles. The fourth-order valence-electron chi connectivity index (χ4n) is 4.24. The van der Waals surface area contributed by atoms with Crippen LogP contribution in [0.1, 0.15) is 45.5 Å². The molecule has 8 nitrogen and oxygen atoms in total. The zero-order valence-corrected chi connectivity index (χ0v) is 18.1. The number of hydrogen-bond acceptors (Lipinski definition) is 6. The van der Waals surface area contributed by atoms with Crippen LogP contribution in [0.3, 0.4) is 0 Å². The second-order valence-corrected chi connectivity index (χ2v) is 8.49. The molecule has 0 spiro atoms. The molecule has 4 aromatic heterocycles. The van der Waals surface area contributed by atoms with Crippen molar-refractivity contribution < 1.29 is 0 Å². The molecular weight excluding hydrogens is 376 g/mol. The number of imidazole rings is 1. The highest BCUT2D eigenvalue weighted by Gasteiger charge is 2.28. The van der Waals surface area contributed by atoms with E-state index in [0.29, 0.717) is 18.0 Å². The highest BCUT2D eigenvalue weighted by molar-refractivity contribution is 5.89. The first kappa shape index (κ1) is 18.8. The van der Waals surface area contributed by atoms with Crippen molar-refractivity contribution in [1.82, 2.24) is 29.1 Å². The largest absolute Gasteiger partial charge is 0.371 e. The molecular formula is C22H28N8. The summed E-state index contributed by atoms with van der Waals surface area (Å²) in [6.45, 7) is 8.53. The van der Waals surface area contributed by atoms with Gasteiger partial charge in [0.05, 0.1) is 5.69 Å². The van der Waals surface area contributed by atoms with Crippen molar-refractivity contribution in [2.24, 2.45) is 5.92 Å². The number of pyridine rings is 1. The molecule has 0 bridgehead atoms. The Morgan fingerprint density at radius 3 is 2.57 bits per heavy atom. The van der Waals surface area contributed by atoms with Gasteiger partial charge in [-0.05, 0) is 64.7 Å². The van der Waals surface area contributed by atoms with Crippen molar-refractivity contribution in [2.75, 3.05) is 17.7 Å². The van der Waals surface area contributed by atoms with Gasteiger partial charge in [-0.1, -0.05) is 0 Å². The Kier molecular flexibility index (Phi) is 4.38. The first-order valence-electron chi connectivity index (χ1n) is 10.7. The summed E-state index contributed by atoms with van der Waals surface area (Å²) in [5.74, 6) is 3.13. The third kappa shape index (κ3) is 3.07. The lowest BCUT2D eigenvalue weighted by molar-refractivity contribution is 0.595. The van der Waals surface area contributed by atoms with Gasteiger partial charge in [-0.2, -0.15) is 4.98 Å². The topological polar surface area (TPSA) is 85.0 Å². The summed E-state index contributed by atoms with van der Waals surface area (Å²) in [6.07, 6.45) is 4.53. The maximum atomic E-state index is 4.98. The lowest BCUT2D eigenvalue weighted by Crippen LogP contribution is -2.20. The molecule has 8 heteroatoms. The molecule has 156 valence electrons. The SMILES string of the molecule is CNc1nc(N[C@H](C)C2CC2)nn2ccc(-c3ccc4nc(C)n(C(C)C)c4n3)c12. The maximum Gasteiger partial charge on any atom is 0.243 e. The summed E-state index contributed by atoms with van der Waals surface area (Å²) >= 11 is 0. The second-order valence-electron chi connectivity index (χ2n) is 8.49. The monoisotopic (exact) mass is 404 g/mol. The van der Waals surface area contributed by atoms with Crippen LogP contribution in [0.4, 0.5) is 11.8 Å². The van der Waals surface area contributed by atoms with E-state index in [9.17, 15) is 0 Å². The van der Waals surface area contributed by atoms with E-state index in [-0.39, 0.29) is 0 Å². The van der Waals surface area contributed by atoms with Gasteiger partial charge in [0.2, 0.25) is 5.95 Å². The number of rotatable bonds is 6. The highest BCUT2D eigenvalue weighted by Crippen LogP contribution is 2.34. The molecule has 4 aromatic rings. The van der Waals surface area contributed by atoms with E-state index in [1.54, 1.807) is 0 Å². The van der Waals surface area contributed by atoms with Gasteiger partial charge in [0, 0.05) is 30.9 Å². The number of fused-ring (bicyclic) bond motifs is 2. The predicted octanol–water partition coefficient (Wildman–Crippen LogP) is 4.28. The number of hydrogen-bond donors (Lipinski definition) is 2. The summed E-state index contributed by atoms with van der Waals surface area (Å²) in [7, 11) is 1.89. The highest BCUT2D eigenvalue weighted by atomic mass is 15.3. The molecule has 1 fully saturated rings. The van der Waals surface area contributed by atoms with Crippen LogP contribution < -0.4 is 10.6 Å². The van der Waals surface area contributed by atoms with Gasteiger partial charge in [-0.25, -0.2) is 14.5 Å². The molecule has 1 aliphatic rings. The Balaban J connectivity index is 1.61. The molecule has 1 aliphatic carbocycles. The number of aryl methyl sites for hydroxylation is 1. The average molecular weight is 405 g/mol. The van der Waals surface area contributed by atoms with Crippen LogP contribution in [0, 0.1) is 12.8 Å². The molecule has 0 amide bonds. The smallest absolute Gasteiger partial charge is 0.243 e. The molecule has 0 aliphatic heterocycles. The Hall–Kier alpha value is -3.16. The van der Waals surface area contributed by atoms with Gasteiger partial charge in [0.1, 0.15) is 16.9 Å². The first-order valence-corrected chi connectivity index (χ1v) is 10.7. The van der Waals surface area contributed by atoms with E-state index in [1.165, 1.54) is 12.8 Å². The van der Waals surface area contributed by atoms with E-state index in [0.717, 1.165) is 45.5 Å². The first-order chi connectivity index (χ1) is 14.5. The van der Waals surface area contributed by atoms with Gasteiger partial charge < -0.3 is 15.2 Å². The molecule has 2 N–H and O–H groups in total. The maximum absolute atomic E-state index is 4.98. The lowest BCUT2D eigenvalue weighted by Gasteiger charge is -2.14. The Bertz CT molecular complexity index is 1230. The summed E-state index contributed by atoms with van der Waals surface area (Å²) in [6, 6.07) is 6.79. The summed E-state index contributed by atoms with van der Waals surface area (Å²) in [5, 5.41) is 11.4. The third-order valence-corrected chi connectivity index (χ3v) is 5.94. The minimum absolute atomic E-state index is 0.293. The van der Waals surface area contributed by atoms with Crippen LogP contribution in [-0.2, 0) is 0 Å². The van der Waals surface area contributed by atoms with Crippen molar-refractivity contribution in [1.29, 1.82) is 0 Å². The van der Waals surface area contributed by atoms with Crippen LogP contribution >= 0.6 is 0 Å². The van der Waals surface area contributed by atoms with Crippen LogP contribution in [-0.4, -0.2) is 42.2 Å². The minimum Gasteiger partial charge on any atom is -0.371 e. The summed E-state index contributed by atoms with van der Waals surface area (Å²) < 4.78 is 4.06. The van der Waals surface area contributed by atoms with E-state index in [4.69, 9.17) is 15.1 Å². The Morgan fingerprint density at radius 1 is 1.07 bits per heavy atom. The molecule has 1 atom stereocenters. The van der Waals surface area contributed by atoms with Gasteiger partial charge >= 0.3 is 0 Å². The number of aromatic nitrogens is 6. The number of anilines is 2. The van der Waals surface area contributed by atoms with E-state index in [2.05, 4.69) is 47.0 Å². The summed E-state index contributed by atoms with van der Waals surface area (Å²) in [5.41, 5.74) is 4.62. The number of nitrogens with one attached hydrogen (secondary N) is 2. The van der Waals surface area contributed by atoms with Crippen LogP contribution in [0.5, 0.6) is 0 Å². The molecule has 30 heavy (non-hydrogen) atoms. The number of nitrogens with zero attached hydrogens (tertiary/aromatic N) is 6. The van der Waals surface area contributed by atoms with Gasteiger partial charge in [-0.3, -0.25) is 0 Å². The van der Waals surface area contributed by atoms with Crippen molar-refractivity contribution in [2.45, 2.75) is 52.6 Å². The van der Waals surface area contributed by atoms with Crippen LogP contribution in [0.2, 0.25) is 0 Å². The third-order valence-electron chi connectivity index (χ3n) is 5.94. The normalized spacial score (nSPS) is 15.3. The van der Waals surface area contributed by atoms with E-state index >= 15 is 0 Å². The zero-order valence-electron chi connectivity index (χ0n) is 18.1. The fraction of sp³-hybridized carbons (Fsp3) is 0.455. The quantitative estimate of drug-likeness (QED) is 0.499. The van der Waals surface area contributed by atoms with Crippen molar-refractivity contribution >= 4 is 28.4 Å². The molecule has 5 rings (SSSR count). The Labute approximate surface area is 175 Å². The van der Waals surface area contributed by atoms with Crippen molar-refractivity contribution in [3.63, 3.8) is 0 Å². The fourth-order valence-corrected chi connectivity index (χ4v) is 4.24.